The molecule has 44 heavy (non-hydrogen) atoms. The minimum atomic E-state index is 1.23. The molecule has 0 atom stereocenters. The molecule has 9 aromatic carbocycles. The molecule has 0 heteroatoms. The number of rotatable bonds is 3. The van der Waals surface area contributed by atoms with Gasteiger partial charge in [-0.3, -0.25) is 0 Å². The minimum absolute atomic E-state index is 1.23. The third-order valence-corrected chi connectivity index (χ3v) is 9.22. The summed E-state index contributed by atoms with van der Waals surface area (Å²) in [4.78, 5) is 0. The highest BCUT2D eigenvalue weighted by molar-refractivity contribution is 6.22. The smallest absolute Gasteiger partial charge is 0.00261 e. The summed E-state index contributed by atoms with van der Waals surface area (Å²) in [6, 6.07) is 62.4. The summed E-state index contributed by atoms with van der Waals surface area (Å²) >= 11 is 0. The van der Waals surface area contributed by atoms with E-state index < -0.39 is 0 Å². The SMILES string of the molecule is c1cc(-c2cccc3ccccc23)cc(-c2c3ccccc3c(-c3ccc4ccc5ccccc5c4c3)c3ccccc23)c1. The average Bonchev–Trinajstić information content (AvgIpc) is 3.10. The van der Waals surface area contributed by atoms with Crippen LogP contribution in [0.5, 0.6) is 0 Å². The van der Waals surface area contributed by atoms with E-state index in [4.69, 9.17) is 0 Å². The van der Waals surface area contributed by atoms with Crippen LogP contribution in [0, 0.1) is 0 Å². The summed E-state index contributed by atoms with van der Waals surface area (Å²) in [5, 5.41) is 12.8. The number of hydrogen-bond donors (Lipinski definition) is 0. The topological polar surface area (TPSA) is 0 Å². The quantitative estimate of drug-likeness (QED) is 0.150. The zero-order valence-corrected chi connectivity index (χ0v) is 24.2. The molecule has 0 aliphatic heterocycles. The molecule has 0 aliphatic rings. The molecule has 0 aliphatic carbocycles. The fraction of sp³-hybridized carbons (Fsp3) is 0. The van der Waals surface area contributed by atoms with Gasteiger partial charge in [-0.05, 0) is 99.4 Å². The van der Waals surface area contributed by atoms with Gasteiger partial charge in [0.15, 0.2) is 0 Å². The zero-order chi connectivity index (χ0) is 29.0. The van der Waals surface area contributed by atoms with Crippen LogP contribution in [0.15, 0.2) is 170 Å². The van der Waals surface area contributed by atoms with E-state index >= 15 is 0 Å². The predicted molar refractivity (Wildman–Crippen MR) is 190 cm³/mol. The lowest BCUT2D eigenvalue weighted by Crippen LogP contribution is -1.91. The van der Waals surface area contributed by atoms with E-state index in [0.717, 1.165) is 0 Å². The molecular weight excluding hydrogens is 528 g/mol. The summed E-state index contributed by atoms with van der Waals surface area (Å²) in [7, 11) is 0. The van der Waals surface area contributed by atoms with Crippen LogP contribution in [0.2, 0.25) is 0 Å². The van der Waals surface area contributed by atoms with E-state index in [-0.39, 0.29) is 0 Å². The van der Waals surface area contributed by atoms with Crippen LogP contribution in [0.1, 0.15) is 0 Å². The third-order valence-electron chi connectivity index (χ3n) is 9.22. The van der Waals surface area contributed by atoms with Crippen molar-refractivity contribution in [1.29, 1.82) is 0 Å². The number of fused-ring (bicyclic) bond motifs is 6. The van der Waals surface area contributed by atoms with Crippen LogP contribution in [0.3, 0.4) is 0 Å². The van der Waals surface area contributed by atoms with E-state index in [1.165, 1.54) is 87.2 Å². The first-order valence-electron chi connectivity index (χ1n) is 15.3. The van der Waals surface area contributed by atoms with Crippen LogP contribution in [0.4, 0.5) is 0 Å². The van der Waals surface area contributed by atoms with Crippen molar-refractivity contribution in [2.45, 2.75) is 0 Å². The van der Waals surface area contributed by atoms with Crippen molar-refractivity contribution < 1.29 is 0 Å². The Kier molecular flexibility index (Phi) is 5.61. The van der Waals surface area contributed by atoms with Crippen molar-refractivity contribution in [1.82, 2.24) is 0 Å². The van der Waals surface area contributed by atoms with E-state index in [1.807, 2.05) is 0 Å². The van der Waals surface area contributed by atoms with Gasteiger partial charge in [-0.15, -0.1) is 0 Å². The van der Waals surface area contributed by atoms with Gasteiger partial charge in [-0.1, -0.05) is 158 Å². The van der Waals surface area contributed by atoms with Crippen molar-refractivity contribution in [2.24, 2.45) is 0 Å². The van der Waals surface area contributed by atoms with E-state index in [0.29, 0.717) is 0 Å². The number of benzene rings is 9. The lowest BCUT2D eigenvalue weighted by Gasteiger charge is -2.19. The Morgan fingerprint density at radius 1 is 0.227 bits per heavy atom. The molecule has 0 heterocycles. The first-order valence-corrected chi connectivity index (χ1v) is 15.3. The second-order valence-corrected chi connectivity index (χ2v) is 11.7. The highest BCUT2D eigenvalue weighted by Gasteiger charge is 2.17. The molecule has 0 saturated heterocycles. The first-order chi connectivity index (χ1) is 21.8. The molecular formula is C44H28. The van der Waals surface area contributed by atoms with Crippen molar-refractivity contribution in [3.8, 4) is 33.4 Å². The zero-order valence-electron chi connectivity index (χ0n) is 24.2. The lowest BCUT2D eigenvalue weighted by molar-refractivity contribution is 1.63. The third kappa shape index (κ3) is 3.85. The van der Waals surface area contributed by atoms with Gasteiger partial charge in [-0.2, -0.15) is 0 Å². The second kappa shape index (κ2) is 9.93. The molecule has 0 saturated carbocycles. The highest BCUT2D eigenvalue weighted by Crippen LogP contribution is 2.45. The van der Waals surface area contributed by atoms with Gasteiger partial charge in [0.1, 0.15) is 0 Å². The average molecular weight is 557 g/mol. The summed E-state index contributed by atoms with van der Waals surface area (Å²) in [6.45, 7) is 0. The largest absolute Gasteiger partial charge is 0.0616 e. The molecule has 0 radical (unpaired) electrons. The Morgan fingerprint density at radius 2 is 0.659 bits per heavy atom. The van der Waals surface area contributed by atoms with Gasteiger partial charge in [0.2, 0.25) is 0 Å². The maximum Gasteiger partial charge on any atom is -0.00261 e. The van der Waals surface area contributed by atoms with Crippen LogP contribution in [-0.4, -0.2) is 0 Å². The Bertz CT molecular complexity index is 2490. The molecule has 0 unspecified atom stereocenters. The van der Waals surface area contributed by atoms with Gasteiger partial charge >= 0.3 is 0 Å². The van der Waals surface area contributed by atoms with Gasteiger partial charge in [-0.25, -0.2) is 0 Å². The summed E-state index contributed by atoms with van der Waals surface area (Å²) in [5.41, 5.74) is 7.56. The predicted octanol–water partition coefficient (Wildman–Crippen LogP) is 12.5. The fourth-order valence-electron chi connectivity index (χ4n) is 7.23. The van der Waals surface area contributed by atoms with E-state index in [9.17, 15) is 0 Å². The van der Waals surface area contributed by atoms with E-state index in [1.54, 1.807) is 0 Å². The van der Waals surface area contributed by atoms with Crippen molar-refractivity contribution in [2.75, 3.05) is 0 Å². The van der Waals surface area contributed by atoms with Gasteiger partial charge in [0.25, 0.3) is 0 Å². The van der Waals surface area contributed by atoms with Crippen LogP contribution in [-0.2, 0) is 0 Å². The lowest BCUT2D eigenvalue weighted by atomic mass is 9.84. The Morgan fingerprint density at radius 3 is 1.32 bits per heavy atom. The molecule has 0 spiro atoms. The molecule has 204 valence electrons. The van der Waals surface area contributed by atoms with Gasteiger partial charge < -0.3 is 0 Å². The molecule has 0 bridgehead atoms. The molecule has 0 amide bonds. The molecule has 9 aromatic rings. The summed E-state index contributed by atoms with van der Waals surface area (Å²) in [5.74, 6) is 0. The van der Waals surface area contributed by atoms with Crippen LogP contribution < -0.4 is 0 Å². The van der Waals surface area contributed by atoms with Crippen molar-refractivity contribution in [3.63, 3.8) is 0 Å². The monoisotopic (exact) mass is 556 g/mol. The summed E-state index contributed by atoms with van der Waals surface area (Å²) in [6.07, 6.45) is 0. The van der Waals surface area contributed by atoms with Crippen LogP contribution in [0.25, 0.3) is 87.2 Å². The maximum atomic E-state index is 2.40. The number of hydrogen-bond acceptors (Lipinski definition) is 0. The maximum absolute atomic E-state index is 2.40. The minimum Gasteiger partial charge on any atom is -0.0616 e. The molecule has 0 N–H and O–H groups in total. The molecule has 0 nitrogen and oxygen atoms in total. The van der Waals surface area contributed by atoms with Crippen LogP contribution >= 0.6 is 0 Å². The van der Waals surface area contributed by atoms with Gasteiger partial charge in [0, 0.05) is 0 Å². The molecule has 0 aromatic heterocycles. The fourth-order valence-corrected chi connectivity index (χ4v) is 7.23. The van der Waals surface area contributed by atoms with Gasteiger partial charge in [0.05, 0.1) is 0 Å². The summed E-state index contributed by atoms with van der Waals surface area (Å²) < 4.78 is 0. The van der Waals surface area contributed by atoms with Crippen molar-refractivity contribution in [3.05, 3.63) is 170 Å². The Labute approximate surface area is 256 Å². The Hall–Kier alpha value is -5.72. The highest BCUT2D eigenvalue weighted by atomic mass is 14.2. The Balaban J connectivity index is 1.33. The standard InChI is InChI=1S/C44H28/c1-3-16-35-29(11-1)13-10-22-37(35)32-14-9-15-33(27-32)43-38-18-5-7-20-40(38)44(41-21-8-6-19-39(41)43)34-26-25-31-24-23-30-12-2-4-17-36(30)42(31)28-34/h1-28H. The van der Waals surface area contributed by atoms with Crippen molar-refractivity contribution >= 4 is 53.9 Å². The normalized spacial score (nSPS) is 11.6. The molecule has 0 fully saturated rings. The first kappa shape index (κ1) is 24.8. The second-order valence-electron chi connectivity index (χ2n) is 11.7. The van der Waals surface area contributed by atoms with E-state index in [2.05, 4.69) is 170 Å². The molecule has 9 rings (SSSR count).